The number of para-hydroxylation sites is 2. The van der Waals surface area contributed by atoms with Gasteiger partial charge in [0, 0.05) is 23.1 Å². The zero-order chi connectivity index (χ0) is 18.8. The Balaban J connectivity index is 1.76. The van der Waals surface area contributed by atoms with Gasteiger partial charge in [-0.15, -0.1) is 0 Å². The molecule has 1 heterocycles. The fourth-order valence-electron chi connectivity index (χ4n) is 2.98. The van der Waals surface area contributed by atoms with Gasteiger partial charge in [0.2, 0.25) is 11.8 Å². The van der Waals surface area contributed by atoms with Gasteiger partial charge in [-0.05, 0) is 52.7 Å². The highest BCUT2D eigenvalue weighted by Crippen LogP contribution is 2.34. The summed E-state index contributed by atoms with van der Waals surface area (Å²) < 4.78 is 6.10. The van der Waals surface area contributed by atoms with Crippen LogP contribution in [0.15, 0.2) is 40.9 Å². The molecule has 0 spiro atoms. The molecule has 0 unspecified atom stereocenters. The lowest BCUT2D eigenvalue weighted by Crippen LogP contribution is -2.28. The summed E-state index contributed by atoms with van der Waals surface area (Å²) in [5.74, 6) is -0.121. The van der Waals surface area contributed by atoms with Crippen molar-refractivity contribution in [2.45, 2.75) is 13.3 Å². The number of anilines is 2. The van der Waals surface area contributed by atoms with Crippen LogP contribution in [-0.4, -0.2) is 25.5 Å². The second-order valence-electron chi connectivity index (χ2n) is 6.15. The van der Waals surface area contributed by atoms with Gasteiger partial charge >= 0.3 is 0 Å². The van der Waals surface area contributed by atoms with Gasteiger partial charge in [0.15, 0.2) is 0 Å². The van der Waals surface area contributed by atoms with Crippen molar-refractivity contribution in [2.24, 2.45) is 5.92 Å². The number of carbonyl (C=O) groups excluding carboxylic acids is 2. The van der Waals surface area contributed by atoms with E-state index in [-0.39, 0.29) is 18.2 Å². The zero-order valence-electron chi connectivity index (χ0n) is 14.4. The van der Waals surface area contributed by atoms with Crippen molar-refractivity contribution >= 4 is 50.7 Å². The monoisotopic (exact) mass is 436 g/mol. The molecule has 2 amide bonds. The molecule has 0 aliphatic carbocycles. The predicted octanol–water partition coefficient (Wildman–Crippen LogP) is 4.41. The Morgan fingerprint density at radius 2 is 2.08 bits per heavy atom. The van der Waals surface area contributed by atoms with E-state index in [1.54, 1.807) is 24.1 Å². The Kier molecular flexibility index (Phi) is 5.53. The van der Waals surface area contributed by atoms with Gasteiger partial charge in [-0.3, -0.25) is 9.59 Å². The third kappa shape index (κ3) is 3.71. The number of nitrogens with one attached hydrogen (secondary N) is 1. The number of ether oxygens (including phenoxy) is 1. The van der Waals surface area contributed by atoms with Gasteiger partial charge in [0.1, 0.15) is 5.75 Å². The van der Waals surface area contributed by atoms with Gasteiger partial charge in [0.25, 0.3) is 0 Å². The Labute approximate surface area is 165 Å². The highest BCUT2D eigenvalue weighted by molar-refractivity contribution is 9.10. The number of nitrogens with zero attached hydrogens (tertiary/aromatic N) is 1. The van der Waals surface area contributed by atoms with Crippen molar-refractivity contribution in [3.8, 4) is 5.75 Å². The fraction of sp³-hybridized carbons (Fsp3) is 0.263. The number of rotatable bonds is 4. The molecule has 1 aliphatic heterocycles. The van der Waals surface area contributed by atoms with Crippen LogP contribution in [-0.2, 0) is 9.59 Å². The van der Waals surface area contributed by atoms with Gasteiger partial charge in [-0.1, -0.05) is 23.7 Å². The minimum Gasteiger partial charge on any atom is -0.495 e. The van der Waals surface area contributed by atoms with Crippen molar-refractivity contribution < 1.29 is 14.3 Å². The van der Waals surface area contributed by atoms with E-state index in [0.29, 0.717) is 28.7 Å². The second-order valence-corrected chi connectivity index (χ2v) is 7.41. The molecule has 1 atom stereocenters. The molecule has 7 heteroatoms. The summed E-state index contributed by atoms with van der Waals surface area (Å²) in [5.41, 5.74) is 2.21. The van der Waals surface area contributed by atoms with E-state index < -0.39 is 5.92 Å². The molecule has 26 heavy (non-hydrogen) atoms. The first kappa shape index (κ1) is 18.7. The molecule has 136 valence electrons. The molecule has 1 aliphatic rings. The van der Waals surface area contributed by atoms with E-state index >= 15 is 0 Å². The number of hydrogen-bond acceptors (Lipinski definition) is 3. The Hall–Kier alpha value is -2.05. The van der Waals surface area contributed by atoms with Crippen molar-refractivity contribution in [3.05, 3.63) is 51.5 Å². The summed E-state index contributed by atoms with van der Waals surface area (Å²) in [6, 6.07) is 10.8. The van der Waals surface area contributed by atoms with E-state index in [1.165, 1.54) is 0 Å². The summed E-state index contributed by atoms with van der Waals surface area (Å²) in [6.07, 6.45) is 0.160. The summed E-state index contributed by atoms with van der Waals surface area (Å²) in [7, 11) is 1.56. The molecule has 0 radical (unpaired) electrons. The van der Waals surface area contributed by atoms with Crippen LogP contribution in [0.25, 0.3) is 0 Å². The molecule has 1 N–H and O–H groups in total. The highest BCUT2D eigenvalue weighted by atomic mass is 79.9. The van der Waals surface area contributed by atoms with E-state index in [4.69, 9.17) is 16.3 Å². The zero-order valence-corrected chi connectivity index (χ0v) is 16.7. The first-order chi connectivity index (χ1) is 12.4. The molecule has 2 aromatic rings. The molecule has 1 saturated heterocycles. The average Bonchev–Trinajstić information content (AvgIpc) is 3.01. The molecule has 0 saturated carbocycles. The van der Waals surface area contributed by atoms with Gasteiger partial charge in [-0.25, -0.2) is 0 Å². The standard InChI is InChI=1S/C19H18BrClN2O3/c1-11-7-13(20)14(21)9-15(11)22-19(25)12-8-18(24)23(10-12)16-5-3-4-6-17(16)26-2/h3-7,9,12H,8,10H2,1-2H3,(H,22,25)/t12-/m0/s1. The van der Waals surface area contributed by atoms with Crippen LogP contribution >= 0.6 is 27.5 Å². The lowest BCUT2D eigenvalue weighted by molar-refractivity contribution is -0.122. The maximum Gasteiger partial charge on any atom is 0.229 e. The lowest BCUT2D eigenvalue weighted by atomic mass is 10.1. The van der Waals surface area contributed by atoms with Crippen molar-refractivity contribution in [3.63, 3.8) is 0 Å². The van der Waals surface area contributed by atoms with Crippen LogP contribution < -0.4 is 15.0 Å². The van der Waals surface area contributed by atoms with E-state index in [9.17, 15) is 9.59 Å². The highest BCUT2D eigenvalue weighted by Gasteiger charge is 2.36. The van der Waals surface area contributed by atoms with Crippen molar-refractivity contribution in [1.82, 2.24) is 0 Å². The summed E-state index contributed by atoms with van der Waals surface area (Å²) in [5, 5.41) is 3.40. The maximum atomic E-state index is 12.7. The maximum absolute atomic E-state index is 12.7. The first-order valence-corrected chi connectivity index (χ1v) is 9.27. The minimum atomic E-state index is -0.436. The molecular formula is C19H18BrClN2O3. The number of methoxy groups -OCH3 is 1. The smallest absolute Gasteiger partial charge is 0.229 e. The minimum absolute atomic E-state index is 0.0970. The summed E-state index contributed by atoms with van der Waals surface area (Å²) in [4.78, 5) is 26.7. The molecule has 3 rings (SSSR count). The van der Waals surface area contributed by atoms with Gasteiger partial charge in [-0.2, -0.15) is 0 Å². The molecule has 2 aromatic carbocycles. The van der Waals surface area contributed by atoms with Crippen LogP contribution in [0.1, 0.15) is 12.0 Å². The number of aryl methyl sites for hydroxylation is 1. The largest absolute Gasteiger partial charge is 0.495 e. The van der Waals surface area contributed by atoms with Gasteiger partial charge in [0.05, 0.1) is 23.7 Å². The van der Waals surface area contributed by atoms with E-state index in [2.05, 4.69) is 21.2 Å². The molecule has 1 fully saturated rings. The Morgan fingerprint density at radius 1 is 1.35 bits per heavy atom. The third-order valence-corrected chi connectivity index (χ3v) is 5.59. The number of benzene rings is 2. The quantitative estimate of drug-likeness (QED) is 0.771. The Morgan fingerprint density at radius 3 is 2.81 bits per heavy atom. The molecule has 0 aromatic heterocycles. The normalized spacial score (nSPS) is 16.7. The Bertz CT molecular complexity index is 872. The molecule has 5 nitrogen and oxygen atoms in total. The molecular weight excluding hydrogens is 420 g/mol. The third-order valence-electron chi connectivity index (χ3n) is 4.40. The first-order valence-electron chi connectivity index (χ1n) is 8.10. The second kappa shape index (κ2) is 7.68. The van der Waals surface area contributed by atoms with Crippen molar-refractivity contribution in [2.75, 3.05) is 23.9 Å². The van der Waals surface area contributed by atoms with Crippen LogP contribution in [0, 0.1) is 12.8 Å². The van der Waals surface area contributed by atoms with Crippen molar-refractivity contribution in [1.29, 1.82) is 0 Å². The van der Waals surface area contributed by atoms with E-state index in [0.717, 1.165) is 10.0 Å². The number of halogens is 2. The average molecular weight is 438 g/mol. The number of amides is 2. The lowest BCUT2D eigenvalue weighted by Gasteiger charge is -2.19. The molecule has 0 bridgehead atoms. The SMILES string of the molecule is COc1ccccc1N1C[C@@H](C(=O)Nc2cc(Cl)c(Br)cc2C)CC1=O. The number of carbonyl (C=O) groups is 2. The van der Waals surface area contributed by atoms with Crippen LogP contribution in [0.3, 0.4) is 0 Å². The van der Waals surface area contributed by atoms with Crippen LogP contribution in [0.5, 0.6) is 5.75 Å². The van der Waals surface area contributed by atoms with Crippen LogP contribution in [0.4, 0.5) is 11.4 Å². The topological polar surface area (TPSA) is 58.6 Å². The van der Waals surface area contributed by atoms with Crippen LogP contribution in [0.2, 0.25) is 5.02 Å². The van der Waals surface area contributed by atoms with Gasteiger partial charge < -0.3 is 15.0 Å². The number of hydrogen-bond donors (Lipinski definition) is 1. The fourth-order valence-corrected chi connectivity index (χ4v) is 3.61. The summed E-state index contributed by atoms with van der Waals surface area (Å²) in [6.45, 7) is 2.20. The predicted molar refractivity (Wildman–Crippen MR) is 106 cm³/mol. The van der Waals surface area contributed by atoms with E-state index in [1.807, 2.05) is 31.2 Å². The summed E-state index contributed by atoms with van der Waals surface area (Å²) >= 11 is 9.47.